The zero-order chi connectivity index (χ0) is 11.4. The molecule has 1 aromatic heterocycles. The molecule has 2 rings (SSSR count). The molecule has 1 amide bonds. The summed E-state index contributed by atoms with van der Waals surface area (Å²) in [5.74, 6) is -0.0799. The predicted octanol–water partition coefficient (Wildman–Crippen LogP) is -0.173. The van der Waals surface area contributed by atoms with Crippen LogP contribution < -0.4 is 10.6 Å². The number of hydrogen-bond donors (Lipinski definition) is 2. The lowest BCUT2D eigenvalue weighted by Gasteiger charge is -2.26. The quantitative estimate of drug-likeness (QED) is 0.745. The lowest BCUT2D eigenvalue weighted by atomic mass is 10.3. The zero-order valence-corrected chi connectivity index (χ0v) is 9.32. The fourth-order valence-corrected chi connectivity index (χ4v) is 1.64. The van der Waals surface area contributed by atoms with Crippen LogP contribution in [-0.2, 0) is 4.79 Å². The number of anilines is 1. The van der Waals surface area contributed by atoms with E-state index < -0.39 is 0 Å². The largest absolute Gasteiger partial charge is 0.432 e. The summed E-state index contributed by atoms with van der Waals surface area (Å²) in [5, 5.41) is 5.87. The van der Waals surface area contributed by atoms with E-state index in [9.17, 15) is 4.79 Å². The van der Waals surface area contributed by atoms with Gasteiger partial charge < -0.3 is 9.73 Å². The number of hydrogen-bond acceptors (Lipinski definition) is 5. The van der Waals surface area contributed by atoms with Crippen molar-refractivity contribution in [2.24, 2.45) is 0 Å². The van der Waals surface area contributed by atoms with E-state index in [2.05, 4.69) is 20.5 Å². The van der Waals surface area contributed by atoms with Gasteiger partial charge >= 0.3 is 6.01 Å². The lowest BCUT2D eigenvalue weighted by Crippen LogP contribution is -2.46. The van der Waals surface area contributed by atoms with Crippen LogP contribution in [0.3, 0.4) is 0 Å². The molecule has 16 heavy (non-hydrogen) atoms. The first-order chi connectivity index (χ1) is 7.74. The number of aromatic nitrogens is 1. The molecular weight excluding hydrogens is 208 g/mol. The third kappa shape index (κ3) is 3.04. The fourth-order valence-electron chi connectivity index (χ4n) is 1.64. The minimum atomic E-state index is -0.0799. The Labute approximate surface area is 94.0 Å². The minimum absolute atomic E-state index is 0.0799. The molecule has 0 bridgehead atoms. The molecule has 1 saturated heterocycles. The molecule has 0 aromatic carbocycles. The fraction of sp³-hybridized carbons (Fsp3) is 0.600. The maximum Gasteiger partial charge on any atom is 0.301 e. The molecule has 1 aromatic rings. The van der Waals surface area contributed by atoms with Gasteiger partial charge in [0, 0.05) is 26.2 Å². The Morgan fingerprint density at radius 3 is 3.00 bits per heavy atom. The Kier molecular flexibility index (Phi) is 3.53. The second-order valence-corrected chi connectivity index (χ2v) is 3.87. The number of aryl methyl sites for hydroxylation is 1. The van der Waals surface area contributed by atoms with Crippen LogP contribution in [0.2, 0.25) is 0 Å². The van der Waals surface area contributed by atoms with Gasteiger partial charge in [0.1, 0.15) is 6.26 Å². The number of amides is 1. The average Bonchev–Trinajstić information content (AvgIpc) is 2.65. The highest BCUT2D eigenvalue weighted by atomic mass is 16.4. The first kappa shape index (κ1) is 11.1. The topological polar surface area (TPSA) is 70.4 Å². The Balaban J connectivity index is 1.79. The summed E-state index contributed by atoms with van der Waals surface area (Å²) in [6.07, 6.45) is 1.51. The molecule has 1 aliphatic heterocycles. The number of carbonyl (C=O) groups is 1. The number of piperazine rings is 1. The van der Waals surface area contributed by atoms with Gasteiger partial charge in [-0.3, -0.25) is 15.0 Å². The van der Waals surface area contributed by atoms with Crippen molar-refractivity contribution in [2.75, 3.05) is 38.0 Å². The summed E-state index contributed by atoms with van der Waals surface area (Å²) in [6, 6.07) is 0.276. The average molecular weight is 224 g/mol. The van der Waals surface area contributed by atoms with Crippen LogP contribution in [0.4, 0.5) is 6.01 Å². The standard InChI is InChI=1S/C10H16N4O2/c1-8-7-16-10(12-8)13-9(15)6-14-4-2-11-3-5-14/h7,11H,2-6H2,1H3,(H,12,13,15). The second-order valence-electron chi connectivity index (χ2n) is 3.87. The first-order valence-electron chi connectivity index (χ1n) is 5.39. The molecule has 0 spiro atoms. The summed E-state index contributed by atoms with van der Waals surface area (Å²) in [6.45, 7) is 5.88. The van der Waals surface area contributed by atoms with E-state index in [0.29, 0.717) is 6.54 Å². The van der Waals surface area contributed by atoms with E-state index >= 15 is 0 Å². The van der Waals surface area contributed by atoms with Gasteiger partial charge in [0.2, 0.25) is 5.91 Å². The van der Waals surface area contributed by atoms with Crippen LogP contribution in [0, 0.1) is 6.92 Å². The predicted molar refractivity (Wildman–Crippen MR) is 59.2 cm³/mol. The summed E-state index contributed by atoms with van der Waals surface area (Å²) in [5.41, 5.74) is 0.762. The smallest absolute Gasteiger partial charge is 0.301 e. The molecule has 2 heterocycles. The number of oxazole rings is 1. The van der Waals surface area contributed by atoms with Gasteiger partial charge in [0.25, 0.3) is 0 Å². The number of nitrogens with one attached hydrogen (secondary N) is 2. The van der Waals surface area contributed by atoms with Gasteiger partial charge in [-0.2, -0.15) is 4.98 Å². The molecule has 88 valence electrons. The monoisotopic (exact) mass is 224 g/mol. The van der Waals surface area contributed by atoms with Crippen LogP contribution >= 0.6 is 0 Å². The highest BCUT2D eigenvalue weighted by Gasteiger charge is 2.14. The zero-order valence-electron chi connectivity index (χ0n) is 9.32. The number of rotatable bonds is 3. The Hall–Kier alpha value is -1.40. The van der Waals surface area contributed by atoms with Crippen molar-refractivity contribution >= 4 is 11.9 Å². The normalized spacial score (nSPS) is 17.3. The molecule has 2 N–H and O–H groups in total. The van der Waals surface area contributed by atoms with E-state index in [1.807, 2.05) is 6.92 Å². The third-order valence-corrected chi connectivity index (χ3v) is 2.44. The molecule has 0 unspecified atom stereocenters. The SMILES string of the molecule is Cc1coc(NC(=O)CN2CCNCC2)n1. The van der Waals surface area contributed by atoms with Crippen molar-refractivity contribution in [1.29, 1.82) is 0 Å². The number of carbonyl (C=O) groups excluding carboxylic acids is 1. The molecule has 1 aliphatic rings. The van der Waals surface area contributed by atoms with E-state index in [1.165, 1.54) is 6.26 Å². The summed E-state index contributed by atoms with van der Waals surface area (Å²) in [4.78, 5) is 17.7. The third-order valence-electron chi connectivity index (χ3n) is 2.44. The van der Waals surface area contributed by atoms with Crippen LogP contribution in [0.1, 0.15) is 5.69 Å². The Morgan fingerprint density at radius 1 is 1.62 bits per heavy atom. The van der Waals surface area contributed by atoms with Crippen molar-refractivity contribution in [3.8, 4) is 0 Å². The molecule has 6 nitrogen and oxygen atoms in total. The van der Waals surface area contributed by atoms with Gasteiger partial charge in [0.15, 0.2) is 0 Å². The van der Waals surface area contributed by atoms with Gasteiger partial charge in [-0.05, 0) is 6.92 Å². The van der Waals surface area contributed by atoms with E-state index in [1.54, 1.807) is 0 Å². The van der Waals surface area contributed by atoms with Gasteiger partial charge in [-0.25, -0.2) is 0 Å². The molecular formula is C10H16N4O2. The van der Waals surface area contributed by atoms with Crippen LogP contribution in [0.15, 0.2) is 10.7 Å². The minimum Gasteiger partial charge on any atom is -0.432 e. The van der Waals surface area contributed by atoms with Crippen molar-refractivity contribution in [3.63, 3.8) is 0 Å². The van der Waals surface area contributed by atoms with Gasteiger partial charge in [0.05, 0.1) is 12.2 Å². The van der Waals surface area contributed by atoms with E-state index in [-0.39, 0.29) is 11.9 Å². The molecule has 0 radical (unpaired) electrons. The maximum absolute atomic E-state index is 11.6. The summed E-state index contributed by atoms with van der Waals surface area (Å²) in [7, 11) is 0. The summed E-state index contributed by atoms with van der Waals surface area (Å²) < 4.78 is 5.05. The maximum atomic E-state index is 11.6. The van der Waals surface area contributed by atoms with Gasteiger partial charge in [-0.15, -0.1) is 0 Å². The number of nitrogens with zero attached hydrogens (tertiary/aromatic N) is 2. The Bertz CT molecular complexity index is 357. The van der Waals surface area contributed by atoms with Crippen LogP contribution in [0.5, 0.6) is 0 Å². The Morgan fingerprint density at radius 2 is 2.38 bits per heavy atom. The van der Waals surface area contributed by atoms with E-state index in [4.69, 9.17) is 4.42 Å². The molecule has 6 heteroatoms. The first-order valence-corrected chi connectivity index (χ1v) is 5.39. The van der Waals surface area contributed by atoms with Crippen molar-refractivity contribution in [1.82, 2.24) is 15.2 Å². The summed E-state index contributed by atoms with van der Waals surface area (Å²) >= 11 is 0. The molecule has 0 aliphatic carbocycles. The highest BCUT2D eigenvalue weighted by Crippen LogP contribution is 2.05. The molecule has 0 atom stereocenters. The van der Waals surface area contributed by atoms with Gasteiger partial charge in [-0.1, -0.05) is 0 Å². The lowest BCUT2D eigenvalue weighted by molar-refractivity contribution is -0.117. The highest BCUT2D eigenvalue weighted by molar-refractivity contribution is 5.90. The van der Waals surface area contributed by atoms with Crippen LogP contribution in [0.25, 0.3) is 0 Å². The second kappa shape index (κ2) is 5.09. The van der Waals surface area contributed by atoms with Crippen molar-refractivity contribution in [2.45, 2.75) is 6.92 Å². The van der Waals surface area contributed by atoms with Crippen molar-refractivity contribution in [3.05, 3.63) is 12.0 Å². The van der Waals surface area contributed by atoms with E-state index in [0.717, 1.165) is 31.9 Å². The van der Waals surface area contributed by atoms with Crippen LogP contribution in [-0.4, -0.2) is 48.5 Å². The molecule has 0 saturated carbocycles. The van der Waals surface area contributed by atoms with Crippen molar-refractivity contribution < 1.29 is 9.21 Å². The molecule has 1 fully saturated rings.